The first kappa shape index (κ1) is 20.3. The van der Waals surface area contributed by atoms with Crippen molar-refractivity contribution in [1.29, 1.82) is 0 Å². The van der Waals surface area contributed by atoms with Crippen LogP contribution < -0.4 is 10.1 Å². The first-order valence-electron chi connectivity index (χ1n) is 8.75. The van der Waals surface area contributed by atoms with E-state index >= 15 is 0 Å². The standard InChI is InChI=1S/C21H27ClN2O2/c1-14-12-15(2)20(16(3)13-14)23-21(25)17(4)24(5)10-11-26-19-8-6-18(22)7-9-19/h6-9,12-13,17H,10-11H2,1-5H3,(H,23,25)/t17-/m0/s1. The van der Waals surface area contributed by atoms with Gasteiger partial charge in [0, 0.05) is 17.3 Å². The molecule has 0 fully saturated rings. The molecule has 2 aromatic carbocycles. The number of nitrogens with one attached hydrogen (secondary N) is 1. The van der Waals surface area contributed by atoms with Crippen molar-refractivity contribution in [2.45, 2.75) is 33.7 Å². The summed E-state index contributed by atoms with van der Waals surface area (Å²) >= 11 is 5.86. The van der Waals surface area contributed by atoms with E-state index in [0.717, 1.165) is 22.6 Å². The van der Waals surface area contributed by atoms with Gasteiger partial charge in [0.05, 0.1) is 6.04 Å². The zero-order valence-corrected chi connectivity index (χ0v) is 16.9. The van der Waals surface area contributed by atoms with Crippen LogP contribution in [0.2, 0.25) is 5.02 Å². The lowest BCUT2D eigenvalue weighted by Crippen LogP contribution is -2.41. The molecule has 2 rings (SSSR count). The average Bonchev–Trinajstić information content (AvgIpc) is 2.58. The molecular formula is C21H27ClN2O2. The molecule has 0 heterocycles. The maximum Gasteiger partial charge on any atom is 0.241 e. The second kappa shape index (κ2) is 9.06. The predicted octanol–water partition coefficient (Wildman–Crippen LogP) is 4.60. The minimum absolute atomic E-state index is 0.0194. The molecule has 1 atom stereocenters. The van der Waals surface area contributed by atoms with E-state index in [4.69, 9.17) is 16.3 Å². The number of nitrogens with zero attached hydrogens (tertiary/aromatic N) is 1. The minimum Gasteiger partial charge on any atom is -0.492 e. The Labute approximate surface area is 161 Å². The molecule has 4 nitrogen and oxygen atoms in total. The van der Waals surface area contributed by atoms with E-state index in [1.165, 1.54) is 5.56 Å². The number of hydrogen-bond donors (Lipinski definition) is 1. The predicted molar refractivity (Wildman–Crippen MR) is 108 cm³/mol. The molecule has 1 amide bonds. The second-order valence-corrected chi connectivity index (χ2v) is 7.16. The topological polar surface area (TPSA) is 41.6 Å². The number of anilines is 1. The van der Waals surface area contributed by atoms with Gasteiger partial charge in [-0.1, -0.05) is 29.3 Å². The van der Waals surface area contributed by atoms with Crippen LogP contribution in [0, 0.1) is 20.8 Å². The van der Waals surface area contributed by atoms with Crippen molar-refractivity contribution >= 4 is 23.2 Å². The van der Waals surface area contributed by atoms with E-state index in [1.54, 1.807) is 12.1 Å². The number of carbonyl (C=O) groups is 1. The maximum absolute atomic E-state index is 12.6. The molecule has 0 radical (unpaired) electrons. The SMILES string of the molecule is Cc1cc(C)c(NC(=O)[C@H](C)N(C)CCOc2ccc(Cl)cc2)c(C)c1. The Balaban J connectivity index is 1.88. The fourth-order valence-corrected chi connectivity index (χ4v) is 2.96. The van der Waals surface area contributed by atoms with Crippen molar-refractivity contribution in [3.63, 3.8) is 0 Å². The van der Waals surface area contributed by atoms with Crippen molar-refractivity contribution in [1.82, 2.24) is 4.90 Å². The lowest BCUT2D eigenvalue weighted by atomic mass is 10.0. The third-order valence-corrected chi connectivity index (χ3v) is 4.74. The fourth-order valence-electron chi connectivity index (χ4n) is 2.84. The van der Waals surface area contributed by atoms with E-state index in [0.29, 0.717) is 18.2 Å². The monoisotopic (exact) mass is 374 g/mol. The normalized spacial score (nSPS) is 12.1. The molecule has 0 aliphatic rings. The van der Waals surface area contributed by atoms with E-state index in [-0.39, 0.29) is 11.9 Å². The number of aryl methyl sites for hydroxylation is 3. The summed E-state index contributed by atoms with van der Waals surface area (Å²) in [5, 5.41) is 3.75. The average molecular weight is 375 g/mol. The molecule has 140 valence electrons. The molecule has 0 bridgehead atoms. The van der Waals surface area contributed by atoms with Crippen molar-refractivity contribution in [2.75, 3.05) is 25.5 Å². The second-order valence-electron chi connectivity index (χ2n) is 6.72. The molecule has 1 N–H and O–H groups in total. The number of halogens is 1. The molecular weight excluding hydrogens is 348 g/mol. The third-order valence-electron chi connectivity index (χ3n) is 4.49. The van der Waals surface area contributed by atoms with Gasteiger partial charge in [0.15, 0.2) is 0 Å². The highest BCUT2D eigenvalue weighted by Gasteiger charge is 2.19. The highest BCUT2D eigenvalue weighted by molar-refractivity contribution is 6.30. The zero-order valence-electron chi connectivity index (χ0n) is 16.1. The van der Waals surface area contributed by atoms with Gasteiger partial charge in [0.2, 0.25) is 5.91 Å². The van der Waals surface area contributed by atoms with Gasteiger partial charge in [0.1, 0.15) is 12.4 Å². The number of likely N-dealkylation sites (N-methyl/N-ethyl adjacent to an activating group) is 1. The Morgan fingerprint density at radius 1 is 1.15 bits per heavy atom. The molecule has 5 heteroatoms. The molecule has 2 aromatic rings. The largest absolute Gasteiger partial charge is 0.492 e. The summed E-state index contributed by atoms with van der Waals surface area (Å²) in [6.07, 6.45) is 0. The number of ether oxygens (including phenoxy) is 1. The van der Waals surface area contributed by atoms with E-state index in [2.05, 4.69) is 24.4 Å². The van der Waals surface area contributed by atoms with Gasteiger partial charge in [-0.3, -0.25) is 9.69 Å². The van der Waals surface area contributed by atoms with Gasteiger partial charge in [-0.2, -0.15) is 0 Å². The highest BCUT2D eigenvalue weighted by atomic mass is 35.5. The number of rotatable bonds is 7. The smallest absolute Gasteiger partial charge is 0.241 e. The van der Waals surface area contributed by atoms with Gasteiger partial charge in [-0.05, 0) is 70.1 Å². The van der Waals surface area contributed by atoms with Crippen LogP contribution in [0.1, 0.15) is 23.6 Å². The summed E-state index contributed by atoms with van der Waals surface area (Å²) in [6.45, 7) is 9.13. The van der Waals surface area contributed by atoms with E-state index in [9.17, 15) is 4.79 Å². The fraction of sp³-hybridized carbons (Fsp3) is 0.381. The van der Waals surface area contributed by atoms with Crippen molar-refractivity contribution in [3.05, 3.63) is 58.1 Å². The summed E-state index contributed by atoms with van der Waals surface area (Å²) < 4.78 is 5.70. The van der Waals surface area contributed by atoms with Gasteiger partial charge < -0.3 is 10.1 Å². The van der Waals surface area contributed by atoms with Crippen LogP contribution in [0.15, 0.2) is 36.4 Å². The molecule has 0 spiro atoms. The Hall–Kier alpha value is -2.04. The number of hydrogen-bond acceptors (Lipinski definition) is 3. The Kier molecular flexibility index (Phi) is 7.06. The van der Waals surface area contributed by atoms with Crippen LogP contribution in [-0.4, -0.2) is 37.0 Å². The summed E-state index contributed by atoms with van der Waals surface area (Å²) in [5.74, 6) is 0.750. The summed E-state index contributed by atoms with van der Waals surface area (Å²) in [6, 6.07) is 11.2. The first-order valence-corrected chi connectivity index (χ1v) is 9.13. The van der Waals surface area contributed by atoms with Crippen molar-refractivity contribution in [2.24, 2.45) is 0 Å². The van der Waals surface area contributed by atoms with Crippen LogP contribution in [0.3, 0.4) is 0 Å². The minimum atomic E-state index is -0.260. The lowest BCUT2D eigenvalue weighted by molar-refractivity contribution is -0.120. The quantitative estimate of drug-likeness (QED) is 0.769. The molecule has 0 aliphatic heterocycles. The van der Waals surface area contributed by atoms with Crippen molar-refractivity contribution < 1.29 is 9.53 Å². The summed E-state index contributed by atoms with van der Waals surface area (Å²) in [4.78, 5) is 14.6. The highest BCUT2D eigenvalue weighted by Crippen LogP contribution is 2.22. The number of benzene rings is 2. The van der Waals surface area contributed by atoms with Gasteiger partial charge in [-0.25, -0.2) is 0 Å². The van der Waals surface area contributed by atoms with Gasteiger partial charge in [-0.15, -0.1) is 0 Å². The van der Waals surface area contributed by atoms with Crippen LogP contribution in [0.4, 0.5) is 5.69 Å². The maximum atomic E-state index is 12.6. The molecule has 0 aromatic heterocycles. The molecule has 26 heavy (non-hydrogen) atoms. The third kappa shape index (κ3) is 5.48. The van der Waals surface area contributed by atoms with Gasteiger partial charge in [0.25, 0.3) is 0 Å². The Morgan fingerprint density at radius 3 is 2.31 bits per heavy atom. The lowest BCUT2D eigenvalue weighted by Gasteiger charge is -2.24. The first-order chi connectivity index (χ1) is 12.3. The van der Waals surface area contributed by atoms with Crippen molar-refractivity contribution in [3.8, 4) is 5.75 Å². The zero-order chi connectivity index (χ0) is 19.3. The van der Waals surface area contributed by atoms with Crippen LogP contribution in [0.25, 0.3) is 0 Å². The number of amides is 1. The van der Waals surface area contributed by atoms with E-state index in [1.807, 2.05) is 44.9 Å². The van der Waals surface area contributed by atoms with Crippen LogP contribution >= 0.6 is 11.6 Å². The van der Waals surface area contributed by atoms with Crippen LogP contribution in [0.5, 0.6) is 5.75 Å². The van der Waals surface area contributed by atoms with Gasteiger partial charge >= 0.3 is 0 Å². The Bertz CT molecular complexity index is 736. The molecule has 0 aliphatic carbocycles. The van der Waals surface area contributed by atoms with Crippen LogP contribution in [-0.2, 0) is 4.79 Å². The molecule has 0 saturated carbocycles. The molecule has 0 saturated heterocycles. The summed E-state index contributed by atoms with van der Waals surface area (Å²) in [5.41, 5.74) is 4.26. The summed E-state index contributed by atoms with van der Waals surface area (Å²) in [7, 11) is 1.92. The molecule has 0 unspecified atom stereocenters. The Morgan fingerprint density at radius 2 is 1.73 bits per heavy atom. The number of carbonyl (C=O) groups excluding carboxylic acids is 1. The van der Waals surface area contributed by atoms with E-state index < -0.39 is 0 Å².